The molecule has 0 bridgehead atoms. The minimum absolute atomic E-state index is 0.678. The molecule has 15 heavy (non-hydrogen) atoms. The number of aliphatic carboxylic acids is 1. The van der Waals surface area contributed by atoms with Gasteiger partial charge in [0, 0.05) is 18.7 Å². The number of carboxylic acid groups (broad SMARTS) is 1. The molecule has 3 N–H and O–H groups in total. The van der Waals surface area contributed by atoms with Crippen molar-refractivity contribution in [2.45, 2.75) is 31.7 Å². The fourth-order valence-corrected chi connectivity index (χ4v) is 1.27. The molecule has 5 heteroatoms. The summed E-state index contributed by atoms with van der Waals surface area (Å²) >= 11 is 0. The highest BCUT2D eigenvalue weighted by molar-refractivity contribution is 5.80. The van der Waals surface area contributed by atoms with E-state index in [1.807, 2.05) is 7.05 Å². The number of rotatable bonds is 3. The van der Waals surface area contributed by atoms with Crippen molar-refractivity contribution in [1.29, 1.82) is 0 Å². The zero-order valence-corrected chi connectivity index (χ0v) is 9.48. The number of nitrogens with zero attached hydrogens (tertiary/aromatic N) is 2. The third kappa shape index (κ3) is 1.74. The summed E-state index contributed by atoms with van der Waals surface area (Å²) in [5.74, 6) is -1.03. The number of imidazole rings is 1. The maximum absolute atomic E-state index is 11.1. The van der Waals surface area contributed by atoms with Gasteiger partial charge in [-0.1, -0.05) is 13.8 Å². The van der Waals surface area contributed by atoms with Crippen molar-refractivity contribution in [2.24, 2.45) is 12.8 Å². The van der Waals surface area contributed by atoms with E-state index in [0.717, 1.165) is 0 Å². The van der Waals surface area contributed by atoms with E-state index in [4.69, 9.17) is 10.8 Å². The van der Waals surface area contributed by atoms with E-state index in [1.54, 1.807) is 30.9 Å². The van der Waals surface area contributed by atoms with Gasteiger partial charge in [0.2, 0.25) is 0 Å². The number of carboxylic acids is 1. The summed E-state index contributed by atoms with van der Waals surface area (Å²) < 4.78 is 1.77. The lowest BCUT2D eigenvalue weighted by atomic mass is 9.72. The Morgan fingerprint density at radius 2 is 2.07 bits per heavy atom. The van der Waals surface area contributed by atoms with Crippen LogP contribution in [0.3, 0.4) is 0 Å². The molecular weight excluding hydrogens is 194 g/mol. The van der Waals surface area contributed by atoms with Crippen LogP contribution in [0.1, 0.15) is 26.5 Å². The van der Waals surface area contributed by atoms with Crippen LogP contribution in [0.15, 0.2) is 12.5 Å². The summed E-state index contributed by atoms with van der Waals surface area (Å²) in [5.41, 5.74) is 4.44. The Morgan fingerprint density at radius 1 is 1.53 bits per heavy atom. The lowest BCUT2D eigenvalue weighted by Gasteiger charge is -2.36. The summed E-state index contributed by atoms with van der Waals surface area (Å²) in [6.07, 6.45) is 3.42. The van der Waals surface area contributed by atoms with Crippen LogP contribution in [0.2, 0.25) is 0 Å². The smallest absolute Gasteiger partial charge is 0.324 e. The first-order valence-electron chi connectivity index (χ1n) is 4.70. The normalized spacial score (nSPS) is 16.1. The molecule has 0 saturated carbocycles. The van der Waals surface area contributed by atoms with E-state index in [2.05, 4.69) is 4.98 Å². The van der Waals surface area contributed by atoms with Gasteiger partial charge in [-0.05, 0) is 6.92 Å². The molecule has 0 saturated heterocycles. The van der Waals surface area contributed by atoms with Gasteiger partial charge in [-0.3, -0.25) is 4.79 Å². The van der Waals surface area contributed by atoms with Crippen LogP contribution in [0.5, 0.6) is 0 Å². The third-order valence-electron chi connectivity index (χ3n) is 3.09. The highest BCUT2D eigenvalue weighted by Crippen LogP contribution is 2.32. The number of carbonyl (C=O) groups is 1. The van der Waals surface area contributed by atoms with Gasteiger partial charge in [-0.2, -0.15) is 0 Å². The monoisotopic (exact) mass is 211 g/mol. The highest BCUT2D eigenvalue weighted by Gasteiger charge is 2.46. The predicted molar refractivity (Wildman–Crippen MR) is 56.5 cm³/mol. The van der Waals surface area contributed by atoms with Gasteiger partial charge < -0.3 is 15.4 Å². The van der Waals surface area contributed by atoms with E-state index in [9.17, 15) is 4.79 Å². The van der Waals surface area contributed by atoms with Gasteiger partial charge in [0.05, 0.1) is 12.0 Å². The van der Waals surface area contributed by atoms with E-state index >= 15 is 0 Å². The first kappa shape index (κ1) is 11.7. The van der Waals surface area contributed by atoms with Gasteiger partial charge >= 0.3 is 5.97 Å². The lowest BCUT2D eigenvalue weighted by Crippen LogP contribution is -2.58. The zero-order valence-electron chi connectivity index (χ0n) is 9.48. The summed E-state index contributed by atoms with van der Waals surface area (Å²) in [6, 6.07) is 0. The third-order valence-corrected chi connectivity index (χ3v) is 3.09. The first-order valence-corrected chi connectivity index (χ1v) is 4.70. The number of aryl methyl sites for hydroxylation is 1. The zero-order chi connectivity index (χ0) is 11.9. The highest BCUT2D eigenvalue weighted by atomic mass is 16.4. The summed E-state index contributed by atoms with van der Waals surface area (Å²) in [6.45, 7) is 5.07. The molecule has 0 spiro atoms. The molecule has 0 radical (unpaired) electrons. The van der Waals surface area contributed by atoms with Gasteiger partial charge in [0.1, 0.15) is 5.54 Å². The Hall–Kier alpha value is -1.36. The topological polar surface area (TPSA) is 81.1 Å². The lowest BCUT2D eigenvalue weighted by molar-refractivity contribution is -0.145. The van der Waals surface area contributed by atoms with E-state index in [0.29, 0.717) is 5.69 Å². The number of nitrogens with two attached hydrogens (primary N) is 1. The maximum Gasteiger partial charge on any atom is 0.324 e. The van der Waals surface area contributed by atoms with Crippen molar-refractivity contribution in [1.82, 2.24) is 9.55 Å². The molecule has 0 unspecified atom stereocenters. The van der Waals surface area contributed by atoms with Crippen LogP contribution in [0, 0.1) is 0 Å². The van der Waals surface area contributed by atoms with E-state index in [-0.39, 0.29) is 0 Å². The van der Waals surface area contributed by atoms with E-state index in [1.165, 1.54) is 6.92 Å². The first-order chi connectivity index (χ1) is 6.69. The van der Waals surface area contributed by atoms with Crippen LogP contribution in [-0.4, -0.2) is 26.2 Å². The number of hydrogen-bond donors (Lipinski definition) is 2. The van der Waals surface area contributed by atoms with Gasteiger partial charge in [-0.25, -0.2) is 4.98 Å². The fraction of sp³-hybridized carbons (Fsp3) is 0.600. The quantitative estimate of drug-likeness (QED) is 0.762. The van der Waals surface area contributed by atoms with Crippen LogP contribution in [0.4, 0.5) is 0 Å². The molecule has 1 aromatic heterocycles. The summed E-state index contributed by atoms with van der Waals surface area (Å²) in [4.78, 5) is 15.2. The van der Waals surface area contributed by atoms with Crippen LogP contribution >= 0.6 is 0 Å². The Bertz CT molecular complexity index is 380. The summed E-state index contributed by atoms with van der Waals surface area (Å²) in [5, 5.41) is 9.09. The molecule has 84 valence electrons. The van der Waals surface area contributed by atoms with Gasteiger partial charge in [0.15, 0.2) is 0 Å². The number of aromatic nitrogens is 2. The molecule has 0 amide bonds. The minimum atomic E-state index is -1.35. The number of hydrogen-bond acceptors (Lipinski definition) is 3. The van der Waals surface area contributed by atoms with Crippen molar-refractivity contribution in [3.05, 3.63) is 18.2 Å². The second-order valence-corrected chi connectivity index (χ2v) is 4.56. The molecule has 0 aromatic carbocycles. The molecule has 1 aromatic rings. The van der Waals surface area contributed by atoms with Crippen molar-refractivity contribution in [3.8, 4) is 0 Å². The Morgan fingerprint density at radius 3 is 2.40 bits per heavy atom. The molecular formula is C10H17N3O2. The SMILES string of the molecule is Cn1cnc(C(C)(C)[C@](C)(N)C(=O)O)c1. The fourth-order valence-electron chi connectivity index (χ4n) is 1.27. The summed E-state index contributed by atoms with van der Waals surface area (Å²) in [7, 11) is 1.83. The second kappa shape index (κ2) is 3.34. The molecule has 5 nitrogen and oxygen atoms in total. The van der Waals surface area contributed by atoms with Crippen molar-refractivity contribution in [2.75, 3.05) is 0 Å². The average molecular weight is 211 g/mol. The van der Waals surface area contributed by atoms with Crippen LogP contribution in [0.25, 0.3) is 0 Å². The van der Waals surface area contributed by atoms with Crippen molar-refractivity contribution < 1.29 is 9.90 Å². The Kier molecular flexibility index (Phi) is 2.61. The van der Waals surface area contributed by atoms with Crippen molar-refractivity contribution in [3.63, 3.8) is 0 Å². The Balaban J connectivity index is 3.17. The molecule has 1 heterocycles. The molecule has 0 aliphatic carbocycles. The maximum atomic E-state index is 11.1. The van der Waals surface area contributed by atoms with Crippen LogP contribution in [-0.2, 0) is 17.3 Å². The molecule has 1 rings (SSSR count). The molecule has 1 atom stereocenters. The predicted octanol–water partition coefficient (Wildman–Crippen LogP) is 0.500. The molecule has 0 fully saturated rings. The standard InChI is InChI=1S/C10H17N3O2/c1-9(2,10(3,11)8(14)15)7-5-13(4)6-12-7/h5-6H,11H2,1-4H3,(H,14,15)/t10-/m1/s1. The van der Waals surface area contributed by atoms with Crippen LogP contribution < -0.4 is 5.73 Å². The average Bonchev–Trinajstić information content (AvgIpc) is 2.51. The molecule has 0 aliphatic rings. The van der Waals surface area contributed by atoms with Gasteiger partial charge in [-0.15, -0.1) is 0 Å². The van der Waals surface area contributed by atoms with Crippen molar-refractivity contribution >= 4 is 5.97 Å². The van der Waals surface area contributed by atoms with Gasteiger partial charge in [0.25, 0.3) is 0 Å². The van der Waals surface area contributed by atoms with E-state index < -0.39 is 16.9 Å². The molecule has 0 aliphatic heterocycles. The minimum Gasteiger partial charge on any atom is -0.480 e. The Labute approximate surface area is 88.9 Å². The second-order valence-electron chi connectivity index (χ2n) is 4.56. The largest absolute Gasteiger partial charge is 0.480 e.